The van der Waals surface area contributed by atoms with E-state index in [0.29, 0.717) is 0 Å². The van der Waals surface area contributed by atoms with Crippen LogP contribution in [0.3, 0.4) is 0 Å². The zero-order valence-electron chi connectivity index (χ0n) is 11.0. The smallest absolute Gasteiger partial charge is 0.123 e. The highest BCUT2D eigenvalue weighted by Crippen LogP contribution is 2.13. The molecular formula is C17H18FN. The summed E-state index contributed by atoms with van der Waals surface area (Å²) in [6.45, 7) is 2.79. The van der Waals surface area contributed by atoms with Crippen LogP contribution in [0.4, 0.5) is 4.39 Å². The lowest BCUT2D eigenvalue weighted by atomic mass is 10.1. The maximum atomic E-state index is 13.1. The van der Waals surface area contributed by atoms with Crippen molar-refractivity contribution in [3.8, 4) is 0 Å². The zero-order valence-corrected chi connectivity index (χ0v) is 11.0. The van der Waals surface area contributed by atoms with E-state index in [1.54, 1.807) is 12.1 Å². The topological polar surface area (TPSA) is 12.0 Å². The van der Waals surface area contributed by atoms with Gasteiger partial charge in [-0.25, -0.2) is 4.39 Å². The van der Waals surface area contributed by atoms with Gasteiger partial charge in [0.25, 0.3) is 0 Å². The third-order valence-electron chi connectivity index (χ3n) is 3.00. The summed E-state index contributed by atoms with van der Waals surface area (Å²) in [5.41, 5.74) is 2.15. The normalized spacial score (nSPS) is 12.7. The first-order chi connectivity index (χ1) is 9.25. The van der Waals surface area contributed by atoms with E-state index in [9.17, 15) is 4.39 Å². The molecule has 0 amide bonds. The summed E-state index contributed by atoms with van der Waals surface area (Å²) >= 11 is 0. The monoisotopic (exact) mass is 255 g/mol. The molecule has 1 nitrogen and oxygen atoms in total. The van der Waals surface area contributed by atoms with E-state index in [2.05, 4.69) is 29.6 Å². The molecule has 98 valence electrons. The van der Waals surface area contributed by atoms with E-state index in [-0.39, 0.29) is 11.9 Å². The molecule has 2 aromatic carbocycles. The van der Waals surface area contributed by atoms with Crippen molar-refractivity contribution in [2.45, 2.75) is 13.0 Å². The van der Waals surface area contributed by atoms with E-state index >= 15 is 0 Å². The molecule has 0 aromatic heterocycles. The predicted molar refractivity (Wildman–Crippen MR) is 78.3 cm³/mol. The Balaban J connectivity index is 1.84. The van der Waals surface area contributed by atoms with Gasteiger partial charge in [0.05, 0.1) is 0 Å². The van der Waals surface area contributed by atoms with Gasteiger partial charge in [0.1, 0.15) is 5.82 Å². The van der Waals surface area contributed by atoms with Crippen LogP contribution in [0, 0.1) is 5.82 Å². The van der Waals surface area contributed by atoms with Crippen molar-refractivity contribution in [3.05, 3.63) is 77.6 Å². The van der Waals surface area contributed by atoms with Crippen molar-refractivity contribution < 1.29 is 4.39 Å². The molecule has 0 saturated heterocycles. The van der Waals surface area contributed by atoms with Gasteiger partial charge in [0.15, 0.2) is 0 Å². The molecule has 0 aliphatic rings. The van der Waals surface area contributed by atoms with Crippen LogP contribution >= 0.6 is 0 Å². The van der Waals surface area contributed by atoms with Gasteiger partial charge in [-0.2, -0.15) is 0 Å². The number of hydrogen-bond acceptors (Lipinski definition) is 1. The SMILES string of the molecule is CC(NC/C=C/c1ccccc1)c1cccc(F)c1. The van der Waals surface area contributed by atoms with E-state index in [0.717, 1.165) is 12.1 Å². The minimum atomic E-state index is -0.189. The van der Waals surface area contributed by atoms with Gasteiger partial charge < -0.3 is 5.32 Å². The highest BCUT2D eigenvalue weighted by Gasteiger charge is 2.03. The predicted octanol–water partition coefficient (Wildman–Crippen LogP) is 4.19. The van der Waals surface area contributed by atoms with Gasteiger partial charge in [0, 0.05) is 12.6 Å². The van der Waals surface area contributed by atoms with Crippen LogP contribution < -0.4 is 5.32 Å². The minimum absolute atomic E-state index is 0.135. The Morgan fingerprint density at radius 3 is 2.63 bits per heavy atom. The molecule has 0 aliphatic heterocycles. The largest absolute Gasteiger partial charge is 0.307 e. The second kappa shape index (κ2) is 6.86. The summed E-state index contributed by atoms with van der Waals surface area (Å²) in [5.74, 6) is -0.189. The Kier molecular flexibility index (Phi) is 4.87. The van der Waals surface area contributed by atoms with Gasteiger partial charge in [-0.15, -0.1) is 0 Å². The van der Waals surface area contributed by atoms with Crippen molar-refractivity contribution in [3.63, 3.8) is 0 Å². The molecule has 1 atom stereocenters. The summed E-state index contributed by atoms with van der Waals surface area (Å²) in [4.78, 5) is 0. The third kappa shape index (κ3) is 4.34. The lowest BCUT2D eigenvalue weighted by molar-refractivity contribution is 0.595. The Labute approximate surface area is 113 Å². The number of halogens is 1. The van der Waals surface area contributed by atoms with E-state index in [4.69, 9.17) is 0 Å². The standard InChI is InChI=1S/C17H18FN/c1-14(16-10-5-11-17(18)13-16)19-12-6-9-15-7-3-2-4-8-15/h2-11,13-14,19H,12H2,1H3/b9-6+. The molecule has 0 saturated carbocycles. The molecule has 0 radical (unpaired) electrons. The first-order valence-corrected chi connectivity index (χ1v) is 6.46. The molecule has 0 aliphatic carbocycles. The lowest BCUT2D eigenvalue weighted by Gasteiger charge is -2.12. The molecule has 2 heteroatoms. The third-order valence-corrected chi connectivity index (χ3v) is 3.00. The van der Waals surface area contributed by atoms with Gasteiger partial charge in [-0.05, 0) is 30.2 Å². The quantitative estimate of drug-likeness (QED) is 0.844. The maximum absolute atomic E-state index is 13.1. The summed E-state index contributed by atoms with van der Waals surface area (Å²) in [7, 11) is 0. The Bertz CT molecular complexity index is 534. The highest BCUT2D eigenvalue weighted by atomic mass is 19.1. The van der Waals surface area contributed by atoms with Crippen molar-refractivity contribution >= 4 is 6.08 Å². The molecule has 2 rings (SSSR count). The number of nitrogens with one attached hydrogen (secondary N) is 1. The summed E-state index contributed by atoms with van der Waals surface area (Å²) in [5, 5.41) is 3.34. The van der Waals surface area contributed by atoms with E-state index in [1.165, 1.54) is 11.6 Å². The molecule has 19 heavy (non-hydrogen) atoms. The maximum Gasteiger partial charge on any atom is 0.123 e. The van der Waals surface area contributed by atoms with Gasteiger partial charge in [0.2, 0.25) is 0 Å². The fourth-order valence-corrected chi connectivity index (χ4v) is 1.90. The zero-order chi connectivity index (χ0) is 13.5. The summed E-state index contributed by atoms with van der Waals surface area (Å²) < 4.78 is 13.1. The number of hydrogen-bond donors (Lipinski definition) is 1. The molecule has 0 fully saturated rings. The molecule has 0 bridgehead atoms. The highest BCUT2D eigenvalue weighted by molar-refractivity contribution is 5.48. The fraction of sp³-hybridized carbons (Fsp3) is 0.176. The molecular weight excluding hydrogens is 237 g/mol. The van der Waals surface area contributed by atoms with E-state index in [1.807, 2.05) is 31.2 Å². The van der Waals surface area contributed by atoms with Crippen molar-refractivity contribution in [1.29, 1.82) is 0 Å². The summed E-state index contributed by atoms with van der Waals surface area (Å²) in [6, 6.07) is 17.0. The average Bonchev–Trinajstić information content (AvgIpc) is 2.44. The van der Waals surface area contributed by atoms with Gasteiger partial charge in [-0.1, -0.05) is 54.6 Å². The van der Waals surface area contributed by atoms with Gasteiger partial charge >= 0.3 is 0 Å². The summed E-state index contributed by atoms with van der Waals surface area (Å²) in [6.07, 6.45) is 4.15. The Morgan fingerprint density at radius 2 is 1.89 bits per heavy atom. The van der Waals surface area contributed by atoms with Crippen LogP contribution in [-0.4, -0.2) is 6.54 Å². The second-order valence-corrected chi connectivity index (χ2v) is 4.50. The average molecular weight is 255 g/mol. The Morgan fingerprint density at radius 1 is 1.11 bits per heavy atom. The Hall–Kier alpha value is -1.93. The molecule has 1 unspecified atom stereocenters. The van der Waals surface area contributed by atoms with Crippen LogP contribution in [0.25, 0.3) is 6.08 Å². The fourth-order valence-electron chi connectivity index (χ4n) is 1.90. The number of benzene rings is 2. The van der Waals surface area contributed by atoms with Crippen LogP contribution in [0.2, 0.25) is 0 Å². The number of rotatable bonds is 5. The van der Waals surface area contributed by atoms with Crippen LogP contribution in [0.1, 0.15) is 24.1 Å². The molecule has 1 N–H and O–H groups in total. The van der Waals surface area contributed by atoms with Crippen LogP contribution in [0.5, 0.6) is 0 Å². The van der Waals surface area contributed by atoms with Crippen LogP contribution in [-0.2, 0) is 0 Å². The molecule has 0 heterocycles. The van der Waals surface area contributed by atoms with Gasteiger partial charge in [-0.3, -0.25) is 0 Å². The van der Waals surface area contributed by atoms with E-state index < -0.39 is 0 Å². The minimum Gasteiger partial charge on any atom is -0.307 e. The lowest BCUT2D eigenvalue weighted by Crippen LogP contribution is -2.18. The van der Waals surface area contributed by atoms with Crippen molar-refractivity contribution in [1.82, 2.24) is 5.32 Å². The van der Waals surface area contributed by atoms with Crippen LogP contribution in [0.15, 0.2) is 60.7 Å². The molecule has 2 aromatic rings. The van der Waals surface area contributed by atoms with Crippen molar-refractivity contribution in [2.24, 2.45) is 0 Å². The molecule has 0 spiro atoms. The van der Waals surface area contributed by atoms with Crippen molar-refractivity contribution in [2.75, 3.05) is 6.54 Å². The second-order valence-electron chi connectivity index (χ2n) is 4.50. The first kappa shape index (κ1) is 13.5. The first-order valence-electron chi connectivity index (χ1n) is 6.46.